The van der Waals surface area contributed by atoms with Crippen molar-refractivity contribution in [1.82, 2.24) is 15.0 Å². The third-order valence-electron chi connectivity index (χ3n) is 5.45. The molecule has 2 heterocycles. The number of aromatic nitrogens is 2. The van der Waals surface area contributed by atoms with Crippen LogP contribution >= 0.6 is 11.6 Å². The van der Waals surface area contributed by atoms with Gasteiger partial charge in [0.25, 0.3) is 5.69 Å². The maximum absolute atomic E-state index is 10.9. The highest BCUT2D eigenvalue weighted by Gasteiger charge is 2.27. The van der Waals surface area contributed by atoms with Crippen LogP contribution in [0.1, 0.15) is 24.4 Å². The summed E-state index contributed by atoms with van der Waals surface area (Å²) in [7, 11) is 0. The van der Waals surface area contributed by atoms with Crippen LogP contribution in [0.2, 0.25) is 5.02 Å². The molecule has 0 N–H and O–H groups in total. The van der Waals surface area contributed by atoms with Crippen molar-refractivity contribution in [2.75, 3.05) is 31.1 Å². The van der Waals surface area contributed by atoms with Crippen LogP contribution in [0.15, 0.2) is 47.0 Å². The lowest BCUT2D eigenvalue weighted by atomic mass is 10.1. The Morgan fingerprint density at radius 3 is 2.47 bits per heavy atom. The SMILES string of the molecule is Cc1ccc(-c2noc([C@H](C)N3CCN(c4ccc([N+](=O)[O-])cc4Cl)CC3)n2)cc1. The summed E-state index contributed by atoms with van der Waals surface area (Å²) in [4.78, 5) is 19.5. The van der Waals surface area contributed by atoms with Crippen molar-refractivity contribution >= 4 is 23.0 Å². The van der Waals surface area contributed by atoms with E-state index in [0.717, 1.165) is 37.4 Å². The first-order valence-electron chi connectivity index (χ1n) is 9.76. The molecule has 30 heavy (non-hydrogen) atoms. The molecule has 0 radical (unpaired) electrons. The van der Waals surface area contributed by atoms with Crippen LogP contribution in [-0.4, -0.2) is 46.1 Å². The normalized spacial score (nSPS) is 15.9. The molecule has 1 aliphatic rings. The summed E-state index contributed by atoms with van der Waals surface area (Å²) in [6, 6.07) is 12.6. The molecule has 1 fully saturated rings. The Hall–Kier alpha value is -2.97. The predicted octanol–water partition coefficient (Wildman–Crippen LogP) is 4.49. The Kier molecular flexibility index (Phi) is 5.69. The van der Waals surface area contributed by atoms with Crippen LogP contribution in [0.5, 0.6) is 0 Å². The summed E-state index contributed by atoms with van der Waals surface area (Å²) in [6.45, 7) is 7.17. The van der Waals surface area contributed by atoms with Crippen molar-refractivity contribution < 1.29 is 9.45 Å². The fraction of sp³-hybridized carbons (Fsp3) is 0.333. The van der Waals surface area contributed by atoms with Gasteiger partial charge in [-0.05, 0) is 19.9 Å². The second-order valence-corrected chi connectivity index (χ2v) is 7.82. The number of piperazine rings is 1. The van der Waals surface area contributed by atoms with Gasteiger partial charge in [-0.1, -0.05) is 46.6 Å². The van der Waals surface area contributed by atoms with E-state index in [1.165, 1.54) is 17.7 Å². The maximum Gasteiger partial charge on any atom is 0.271 e. The van der Waals surface area contributed by atoms with Gasteiger partial charge in [-0.15, -0.1) is 0 Å². The highest BCUT2D eigenvalue weighted by atomic mass is 35.5. The summed E-state index contributed by atoms with van der Waals surface area (Å²) < 4.78 is 5.53. The van der Waals surface area contributed by atoms with Gasteiger partial charge in [-0.3, -0.25) is 15.0 Å². The van der Waals surface area contributed by atoms with Crippen LogP contribution in [0.25, 0.3) is 11.4 Å². The van der Waals surface area contributed by atoms with E-state index in [0.29, 0.717) is 16.7 Å². The number of rotatable bonds is 5. The largest absolute Gasteiger partial charge is 0.368 e. The van der Waals surface area contributed by atoms with E-state index in [-0.39, 0.29) is 11.7 Å². The zero-order valence-corrected chi connectivity index (χ0v) is 17.5. The number of benzene rings is 2. The summed E-state index contributed by atoms with van der Waals surface area (Å²) in [6.07, 6.45) is 0. The lowest BCUT2D eigenvalue weighted by Crippen LogP contribution is -2.47. The molecule has 8 nitrogen and oxygen atoms in total. The van der Waals surface area contributed by atoms with Crippen molar-refractivity contribution in [3.05, 3.63) is 69.1 Å². The molecule has 1 aromatic heterocycles. The first-order chi connectivity index (χ1) is 14.4. The van der Waals surface area contributed by atoms with Crippen molar-refractivity contribution in [3.8, 4) is 11.4 Å². The van der Waals surface area contributed by atoms with E-state index < -0.39 is 4.92 Å². The summed E-state index contributed by atoms with van der Waals surface area (Å²) >= 11 is 6.28. The molecule has 2 aromatic carbocycles. The Morgan fingerprint density at radius 1 is 1.13 bits per heavy atom. The van der Waals surface area contributed by atoms with Crippen LogP contribution in [-0.2, 0) is 0 Å². The Bertz CT molecular complexity index is 1050. The van der Waals surface area contributed by atoms with Gasteiger partial charge in [0, 0.05) is 43.9 Å². The van der Waals surface area contributed by atoms with Crippen LogP contribution in [0.3, 0.4) is 0 Å². The smallest absolute Gasteiger partial charge is 0.271 e. The van der Waals surface area contributed by atoms with Crippen LogP contribution < -0.4 is 4.90 Å². The molecule has 1 aliphatic heterocycles. The summed E-state index contributed by atoms with van der Waals surface area (Å²) in [5.41, 5.74) is 2.92. The lowest BCUT2D eigenvalue weighted by Gasteiger charge is -2.38. The molecule has 4 rings (SSSR count). The number of non-ortho nitro benzene ring substituents is 1. The average Bonchev–Trinajstić information content (AvgIpc) is 3.24. The van der Waals surface area contributed by atoms with Gasteiger partial charge < -0.3 is 9.42 Å². The molecule has 0 spiro atoms. The number of hydrogen-bond acceptors (Lipinski definition) is 7. The number of nitro benzene ring substituents is 1. The fourth-order valence-electron chi connectivity index (χ4n) is 3.60. The minimum Gasteiger partial charge on any atom is -0.368 e. The quantitative estimate of drug-likeness (QED) is 0.437. The monoisotopic (exact) mass is 427 g/mol. The third kappa shape index (κ3) is 4.15. The standard InChI is InChI=1S/C21H22ClN5O3/c1-14-3-5-16(6-4-14)20-23-21(30-24-20)15(2)25-9-11-26(12-10-25)19-8-7-17(27(28)29)13-18(19)22/h3-8,13,15H,9-12H2,1-2H3/t15-/m0/s1. The zero-order chi connectivity index (χ0) is 21.3. The zero-order valence-electron chi connectivity index (χ0n) is 16.8. The van der Waals surface area contributed by atoms with E-state index >= 15 is 0 Å². The molecule has 0 aliphatic carbocycles. The number of hydrogen-bond donors (Lipinski definition) is 0. The van der Waals surface area contributed by atoms with Gasteiger partial charge in [0.1, 0.15) is 0 Å². The molecule has 0 bridgehead atoms. The number of anilines is 1. The van der Waals surface area contributed by atoms with Gasteiger partial charge >= 0.3 is 0 Å². The highest BCUT2D eigenvalue weighted by Crippen LogP contribution is 2.31. The lowest BCUT2D eigenvalue weighted by molar-refractivity contribution is -0.384. The molecule has 9 heteroatoms. The second kappa shape index (κ2) is 8.41. The molecular formula is C21H22ClN5O3. The number of nitro groups is 1. The molecular weight excluding hydrogens is 406 g/mol. The van der Waals surface area contributed by atoms with E-state index in [1.807, 2.05) is 31.2 Å². The van der Waals surface area contributed by atoms with Crippen LogP contribution in [0.4, 0.5) is 11.4 Å². The van der Waals surface area contributed by atoms with Gasteiger partial charge in [-0.25, -0.2) is 0 Å². The molecule has 0 saturated carbocycles. The maximum atomic E-state index is 10.9. The Labute approximate surface area is 179 Å². The number of aryl methyl sites for hydroxylation is 1. The van der Waals surface area contributed by atoms with Crippen molar-refractivity contribution in [2.45, 2.75) is 19.9 Å². The minimum atomic E-state index is -0.440. The molecule has 156 valence electrons. The van der Waals surface area contributed by atoms with E-state index in [4.69, 9.17) is 16.1 Å². The fourth-order valence-corrected chi connectivity index (χ4v) is 3.89. The van der Waals surface area contributed by atoms with E-state index in [2.05, 4.69) is 26.9 Å². The Balaban J connectivity index is 1.41. The number of nitrogens with zero attached hydrogens (tertiary/aromatic N) is 5. The molecule has 1 saturated heterocycles. The van der Waals surface area contributed by atoms with E-state index in [1.54, 1.807) is 6.07 Å². The van der Waals surface area contributed by atoms with E-state index in [9.17, 15) is 10.1 Å². The van der Waals surface area contributed by atoms with Crippen molar-refractivity contribution in [2.24, 2.45) is 0 Å². The molecule has 0 amide bonds. The van der Waals surface area contributed by atoms with Gasteiger partial charge in [0.05, 0.1) is 21.7 Å². The first kappa shape index (κ1) is 20.3. The number of halogens is 1. The summed E-state index contributed by atoms with van der Waals surface area (Å²) in [5, 5.41) is 15.4. The molecule has 1 atom stereocenters. The minimum absolute atomic E-state index is 0.00298. The van der Waals surface area contributed by atoms with Gasteiger partial charge in [0.2, 0.25) is 11.7 Å². The highest BCUT2D eigenvalue weighted by molar-refractivity contribution is 6.33. The average molecular weight is 428 g/mol. The van der Waals surface area contributed by atoms with Crippen molar-refractivity contribution in [1.29, 1.82) is 0 Å². The van der Waals surface area contributed by atoms with Crippen LogP contribution in [0, 0.1) is 17.0 Å². The second-order valence-electron chi connectivity index (χ2n) is 7.41. The molecule has 0 unspecified atom stereocenters. The van der Waals surface area contributed by atoms with Gasteiger partial charge in [0.15, 0.2) is 0 Å². The molecule has 3 aromatic rings. The van der Waals surface area contributed by atoms with Crippen molar-refractivity contribution in [3.63, 3.8) is 0 Å². The topological polar surface area (TPSA) is 88.5 Å². The Morgan fingerprint density at radius 2 is 1.83 bits per heavy atom. The summed E-state index contributed by atoms with van der Waals surface area (Å²) in [5.74, 6) is 1.18. The van der Waals surface area contributed by atoms with Gasteiger partial charge in [-0.2, -0.15) is 4.98 Å². The third-order valence-corrected chi connectivity index (χ3v) is 5.76. The first-order valence-corrected chi connectivity index (χ1v) is 10.1. The predicted molar refractivity (Wildman–Crippen MR) is 115 cm³/mol.